The maximum atomic E-state index is 11.6. The van der Waals surface area contributed by atoms with Gasteiger partial charge in [-0.2, -0.15) is 0 Å². The summed E-state index contributed by atoms with van der Waals surface area (Å²) >= 11 is 0. The van der Waals surface area contributed by atoms with Crippen molar-refractivity contribution < 1.29 is 14.3 Å². The van der Waals surface area contributed by atoms with Crippen LogP contribution in [-0.4, -0.2) is 25.0 Å². The summed E-state index contributed by atoms with van der Waals surface area (Å²) < 4.78 is 4.77. The molecule has 5 heteroatoms. The molecule has 0 heterocycles. The van der Waals surface area contributed by atoms with Gasteiger partial charge in [-0.15, -0.1) is 0 Å². The Morgan fingerprint density at radius 2 is 1.95 bits per heavy atom. The molecular weight excluding hydrogens is 256 g/mol. The van der Waals surface area contributed by atoms with Gasteiger partial charge in [0.15, 0.2) is 0 Å². The van der Waals surface area contributed by atoms with E-state index in [9.17, 15) is 9.59 Å². The molecule has 0 spiro atoms. The van der Waals surface area contributed by atoms with Gasteiger partial charge in [-0.05, 0) is 18.9 Å². The van der Waals surface area contributed by atoms with E-state index in [-0.39, 0.29) is 24.3 Å². The van der Waals surface area contributed by atoms with Crippen LogP contribution < -0.4 is 11.1 Å². The molecule has 1 aromatic carbocycles. The van der Waals surface area contributed by atoms with Gasteiger partial charge in [0.25, 0.3) is 0 Å². The molecule has 5 nitrogen and oxygen atoms in total. The SMILES string of the molecule is CCOC(=O)CCNC(=O)CCC(N)c1ccccc1. The Morgan fingerprint density at radius 3 is 2.60 bits per heavy atom. The molecule has 1 atom stereocenters. The van der Waals surface area contributed by atoms with Crippen LogP contribution in [0.1, 0.15) is 37.8 Å². The van der Waals surface area contributed by atoms with Crippen LogP contribution in [0.4, 0.5) is 0 Å². The lowest BCUT2D eigenvalue weighted by Crippen LogP contribution is -2.27. The first-order chi connectivity index (χ1) is 9.63. The molecule has 0 fully saturated rings. The van der Waals surface area contributed by atoms with E-state index >= 15 is 0 Å². The lowest BCUT2D eigenvalue weighted by Gasteiger charge is -2.11. The molecule has 0 aromatic heterocycles. The van der Waals surface area contributed by atoms with Gasteiger partial charge in [-0.3, -0.25) is 9.59 Å². The van der Waals surface area contributed by atoms with E-state index in [2.05, 4.69) is 5.32 Å². The third-order valence-corrected chi connectivity index (χ3v) is 2.87. The van der Waals surface area contributed by atoms with Crippen molar-refractivity contribution in [3.8, 4) is 0 Å². The molecule has 0 aliphatic carbocycles. The molecule has 1 rings (SSSR count). The van der Waals surface area contributed by atoms with Crippen LogP contribution in [0, 0.1) is 0 Å². The van der Waals surface area contributed by atoms with Crippen LogP contribution in [0.5, 0.6) is 0 Å². The second kappa shape index (κ2) is 9.09. The van der Waals surface area contributed by atoms with E-state index < -0.39 is 0 Å². The molecule has 1 unspecified atom stereocenters. The first-order valence-electron chi connectivity index (χ1n) is 6.86. The van der Waals surface area contributed by atoms with Crippen molar-refractivity contribution in [2.75, 3.05) is 13.2 Å². The van der Waals surface area contributed by atoms with E-state index in [1.807, 2.05) is 30.3 Å². The van der Waals surface area contributed by atoms with E-state index in [1.54, 1.807) is 6.92 Å². The van der Waals surface area contributed by atoms with Crippen molar-refractivity contribution in [3.05, 3.63) is 35.9 Å². The molecule has 0 aliphatic heterocycles. The summed E-state index contributed by atoms with van der Waals surface area (Å²) in [5.41, 5.74) is 7.03. The zero-order chi connectivity index (χ0) is 14.8. The van der Waals surface area contributed by atoms with Crippen LogP contribution >= 0.6 is 0 Å². The van der Waals surface area contributed by atoms with Crippen LogP contribution in [0.15, 0.2) is 30.3 Å². The molecule has 0 bridgehead atoms. The zero-order valence-corrected chi connectivity index (χ0v) is 11.8. The standard InChI is InChI=1S/C15H22N2O3/c1-2-20-15(19)10-11-17-14(18)9-8-13(16)12-6-4-3-5-7-12/h3-7,13H,2,8-11,16H2,1H3,(H,17,18). The highest BCUT2D eigenvalue weighted by Crippen LogP contribution is 2.14. The Balaban J connectivity index is 2.18. The summed E-state index contributed by atoms with van der Waals surface area (Å²) in [7, 11) is 0. The average Bonchev–Trinajstić information content (AvgIpc) is 2.46. The quantitative estimate of drug-likeness (QED) is 0.707. The van der Waals surface area contributed by atoms with Crippen LogP contribution in [0.3, 0.4) is 0 Å². The molecule has 20 heavy (non-hydrogen) atoms. The minimum absolute atomic E-state index is 0.0966. The Labute approximate surface area is 119 Å². The number of ether oxygens (including phenoxy) is 1. The Hall–Kier alpha value is -1.88. The number of benzene rings is 1. The number of rotatable bonds is 8. The molecule has 1 aromatic rings. The predicted molar refractivity (Wildman–Crippen MR) is 76.9 cm³/mol. The van der Waals surface area contributed by atoms with Crippen molar-refractivity contribution in [1.29, 1.82) is 0 Å². The third-order valence-electron chi connectivity index (χ3n) is 2.87. The zero-order valence-electron chi connectivity index (χ0n) is 11.8. The van der Waals surface area contributed by atoms with Gasteiger partial charge >= 0.3 is 5.97 Å². The van der Waals surface area contributed by atoms with Gasteiger partial charge in [-0.1, -0.05) is 30.3 Å². The largest absolute Gasteiger partial charge is 0.466 e. The monoisotopic (exact) mass is 278 g/mol. The minimum atomic E-state index is -0.297. The number of nitrogens with one attached hydrogen (secondary N) is 1. The maximum Gasteiger partial charge on any atom is 0.307 e. The molecule has 3 N–H and O–H groups in total. The number of nitrogens with two attached hydrogens (primary N) is 1. The van der Waals surface area contributed by atoms with Crippen LogP contribution in [0.2, 0.25) is 0 Å². The third kappa shape index (κ3) is 6.33. The van der Waals surface area contributed by atoms with E-state index in [0.29, 0.717) is 26.0 Å². The van der Waals surface area contributed by atoms with Gasteiger partial charge in [0, 0.05) is 19.0 Å². The van der Waals surface area contributed by atoms with Gasteiger partial charge in [0.2, 0.25) is 5.91 Å². The van der Waals surface area contributed by atoms with Crippen molar-refractivity contribution in [3.63, 3.8) is 0 Å². The van der Waals surface area contributed by atoms with E-state index in [4.69, 9.17) is 10.5 Å². The van der Waals surface area contributed by atoms with E-state index in [0.717, 1.165) is 5.56 Å². The molecule has 1 amide bonds. The number of carbonyl (C=O) groups excluding carboxylic acids is 2. The lowest BCUT2D eigenvalue weighted by atomic mass is 10.0. The first-order valence-corrected chi connectivity index (χ1v) is 6.86. The lowest BCUT2D eigenvalue weighted by molar-refractivity contribution is -0.143. The van der Waals surface area contributed by atoms with Crippen molar-refractivity contribution in [2.24, 2.45) is 5.73 Å². The second-order valence-electron chi connectivity index (χ2n) is 4.46. The number of amides is 1. The van der Waals surface area contributed by atoms with E-state index in [1.165, 1.54) is 0 Å². The molecule has 0 saturated carbocycles. The van der Waals surface area contributed by atoms with Crippen LogP contribution in [-0.2, 0) is 14.3 Å². The normalized spacial score (nSPS) is 11.7. The van der Waals surface area contributed by atoms with Crippen molar-refractivity contribution >= 4 is 11.9 Å². The highest BCUT2D eigenvalue weighted by atomic mass is 16.5. The van der Waals surface area contributed by atoms with Gasteiger partial charge < -0.3 is 15.8 Å². The number of esters is 1. The maximum absolute atomic E-state index is 11.6. The summed E-state index contributed by atoms with van der Waals surface area (Å²) in [5, 5.41) is 2.68. The molecule has 110 valence electrons. The fourth-order valence-electron chi connectivity index (χ4n) is 1.78. The summed E-state index contributed by atoms with van der Waals surface area (Å²) in [6, 6.07) is 9.53. The Kier molecular flexibility index (Phi) is 7.35. The van der Waals surface area contributed by atoms with Gasteiger partial charge in [-0.25, -0.2) is 0 Å². The fraction of sp³-hybridized carbons (Fsp3) is 0.467. The molecule has 0 radical (unpaired) electrons. The second-order valence-corrected chi connectivity index (χ2v) is 4.46. The number of carbonyl (C=O) groups is 2. The topological polar surface area (TPSA) is 81.4 Å². The Bertz CT molecular complexity index is 420. The smallest absolute Gasteiger partial charge is 0.307 e. The fourth-order valence-corrected chi connectivity index (χ4v) is 1.78. The summed E-state index contributed by atoms with van der Waals surface area (Å²) in [4.78, 5) is 22.7. The summed E-state index contributed by atoms with van der Waals surface area (Å²) in [5.74, 6) is -0.394. The highest BCUT2D eigenvalue weighted by Gasteiger charge is 2.09. The molecule has 0 saturated heterocycles. The minimum Gasteiger partial charge on any atom is -0.466 e. The number of hydrogen-bond acceptors (Lipinski definition) is 4. The van der Waals surface area contributed by atoms with Crippen molar-refractivity contribution in [2.45, 2.75) is 32.2 Å². The number of hydrogen-bond donors (Lipinski definition) is 2. The molecule has 0 aliphatic rings. The first kappa shape index (κ1) is 16.2. The molecular formula is C15H22N2O3. The highest BCUT2D eigenvalue weighted by molar-refractivity contribution is 5.77. The Morgan fingerprint density at radius 1 is 1.25 bits per heavy atom. The van der Waals surface area contributed by atoms with Crippen LogP contribution in [0.25, 0.3) is 0 Å². The van der Waals surface area contributed by atoms with Gasteiger partial charge in [0.05, 0.1) is 13.0 Å². The summed E-state index contributed by atoms with van der Waals surface area (Å²) in [6.07, 6.45) is 1.12. The average molecular weight is 278 g/mol. The van der Waals surface area contributed by atoms with Crippen molar-refractivity contribution in [1.82, 2.24) is 5.32 Å². The summed E-state index contributed by atoms with van der Waals surface area (Å²) in [6.45, 7) is 2.42. The van der Waals surface area contributed by atoms with Gasteiger partial charge in [0.1, 0.15) is 0 Å². The predicted octanol–water partition coefficient (Wildman–Crippen LogP) is 1.54.